The molecule has 1 saturated carbocycles. The number of rotatable bonds is 11. The number of halogens is 2. The van der Waals surface area contributed by atoms with Gasteiger partial charge in [0.05, 0.1) is 5.75 Å². The van der Waals surface area contributed by atoms with Gasteiger partial charge < -0.3 is 11.1 Å². The molecule has 2 rings (SSSR count). The van der Waals surface area contributed by atoms with Crippen LogP contribution in [0.5, 0.6) is 0 Å². The Labute approximate surface area is 192 Å². The van der Waals surface area contributed by atoms with Crippen molar-refractivity contribution < 1.29 is 27.2 Å². The third-order valence-corrected chi connectivity index (χ3v) is 7.24. The molecular formula is C21H29ClFN3O5S. The Hall–Kier alpha value is -2.04. The number of nitrogens with one attached hydrogen (secondary N) is 2. The molecule has 3 atom stereocenters. The van der Waals surface area contributed by atoms with Crippen molar-refractivity contribution in [3.05, 3.63) is 35.9 Å². The van der Waals surface area contributed by atoms with Crippen LogP contribution in [-0.2, 0) is 30.2 Å². The number of sulfonamides is 1. The SMILES string of the molecule is CC(NC(=O)[C@H](CC1CCCCC1)NS(=O)(=O)Cc1ccccc1)(C(N)=O)C(=O)C(F)Cl. The molecule has 1 aromatic carbocycles. The van der Waals surface area contributed by atoms with Gasteiger partial charge in [0, 0.05) is 0 Å². The molecule has 1 aliphatic carbocycles. The number of ketones is 1. The van der Waals surface area contributed by atoms with Crippen molar-refractivity contribution >= 4 is 39.2 Å². The maximum absolute atomic E-state index is 13.4. The maximum atomic E-state index is 13.4. The summed E-state index contributed by atoms with van der Waals surface area (Å²) in [5, 5.41) is 2.14. The molecule has 1 fully saturated rings. The number of amides is 2. The highest BCUT2D eigenvalue weighted by molar-refractivity contribution is 7.88. The number of benzene rings is 1. The van der Waals surface area contributed by atoms with Gasteiger partial charge in [-0.2, -0.15) is 0 Å². The van der Waals surface area contributed by atoms with Gasteiger partial charge in [0.15, 0.2) is 5.54 Å². The van der Waals surface area contributed by atoms with Crippen LogP contribution >= 0.6 is 11.6 Å². The number of nitrogens with two attached hydrogens (primary N) is 1. The molecule has 2 amide bonds. The molecule has 0 aliphatic heterocycles. The number of alkyl halides is 2. The van der Waals surface area contributed by atoms with Crippen LogP contribution < -0.4 is 15.8 Å². The predicted molar refractivity (Wildman–Crippen MR) is 119 cm³/mol. The molecule has 1 aliphatic rings. The minimum atomic E-state index is -3.95. The molecule has 0 saturated heterocycles. The molecule has 0 radical (unpaired) electrons. The molecule has 0 bridgehead atoms. The lowest BCUT2D eigenvalue weighted by Crippen LogP contribution is -2.65. The Balaban J connectivity index is 2.25. The first-order valence-corrected chi connectivity index (χ1v) is 12.5. The summed E-state index contributed by atoms with van der Waals surface area (Å²) in [5.74, 6) is -3.95. The lowest BCUT2D eigenvalue weighted by Gasteiger charge is -2.31. The Morgan fingerprint density at radius 2 is 1.78 bits per heavy atom. The first-order chi connectivity index (χ1) is 14.9. The number of hydrogen-bond donors (Lipinski definition) is 3. The van der Waals surface area contributed by atoms with Crippen LogP contribution in [0.4, 0.5) is 4.39 Å². The van der Waals surface area contributed by atoms with E-state index in [1.165, 1.54) is 0 Å². The molecule has 0 aromatic heterocycles. The molecule has 178 valence electrons. The van der Waals surface area contributed by atoms with Gasteiger partial charge in [-0.05, 0) is 24.8 Å². The summed E-state index contributed by atoms with van der Waals surface area (Å²) in [6, 6.07) is 7.15. The summed E-state index contributed by atoms with van der Waals surface area (Å²) in [5.41, 5.74) is 0.765. The Kier molecular flexibility index (Phi) is 9.18. The van der Waals surface area contributed by atoms with E-state index in [2.05, 4.69) is 10.0 Å². The molecule has 8 nitrogen and oxygen atoms in total. The fraction of sp³-hybridized carbons (Fsp3) is 0.571. The van der Waals surface area contributed by atoms with Gasteiger partial charge in [-0.3, -0.25) is 14.4 Å². The quantitative estimate of drug-likeness (QED) is 0.322. The van der Waals surface area contributed by atoms with Gasteiger partial charge in [0.2, 0.25) is 27.3 Å². The van der Waals surface area contributed by atoms with E-state index in [-0.39, 0.29) is 18.1 Å². The van der Waals surface area contributed by atoms with E-state index < -0.39 is 44.8 Å². The highest BCUT2D eigenvalue weighted by atomic mass is 35.5. The van der Waals surface area contributed by atoms with Gasteiger partial charge in [-0.15, -0.1) is 0 Å². The van der Waals surface area contributed by atoms with Crippen molar-refractivity contribution in [1.82, 2.24) is 10.0 Å². The average Bonchev–Trinajstić information content (AvgIpc) is 2.73. The zero-order chi connectivity index (χ0) is 23.9. The van der Waals surface area contributed by atoms with E-state index >= 15 is 0 Å². The summed E-state index contributed by atoms with van der Waals surface area (Å²) < 4.78 is 41.4. The smallest absolute Gasteiger partial charge is 0.250 e. The fourth-order valence-corrected chi connectivity index (χ4v) is 5.38. The lowest BCUT2D eigenvalue weighted by molar-refractivity contribution is -0.141. The van der Waals surface area contributed by atoms with Gasteiger partial charge in [-0.25, -0.2) is 17.5 Å². The summed E-state index contributed by atoms with van der Waals surface area (Å²) in [4.78, 5) is 37.0. The van der Waals surface area contributed by atoms with E-state index in [0.29, 0.717) is 5.56 Å². The van der Waals surface area contributed by atoms with E-state index in [4.69, 9.17) is 17.3 Å². The molecule has 0 heterocycles. The van der Waals surface area contributed by atoms with Crippen LogP contribution in [0, 0.1) is 5.92 Å². The van der Waals surface area contributed by atoms with Gasteiger partial charge in [0.1, 0.15) is 6.04 Å². The molecule has 32 heavy (non-hydrogen) atoms. The molecule has 4 N–H and O–H groups in total. The number of primary amides is 1. The van der Waals surface area contributed by atoms with E-state index in [9.17, 15) is 27.2 Å². The Morgan fingerprint density at radius 3 is 2.31 bits per heavy atom. The zero-order valence-corrected chi connectivity index (χ0v) is 19.4. The van der Waals surface area contributed by atoms with Crippen LogP contribution in [-0.4, -0.2) is 43.2 Å². The summed E-state index contributed by atoms with van der Waals surface area (Å²) in [7, 11) is -3.95. The van der Waals surface area contributed by atoms with Crippen molar-refractivity contribution in [1.29, 1.82) is 0 Å². The highest BCUT2D eigenvalue weighted by Gasteiger charge is 2.45. The molecular weight excluding hydrogens is 461 g/mol. The Bertz CT molecular complexity index is 923. The van der Waals surface area contributed by atoms with Gasteiger partial charge >= 0.3 is 0 Å². The Morgan fingerprint density at radius 1 is 1.19 bits per heavy atom. The van der Waals surface area contributed by atoms with Crippen LogP contribution in [0.15, 0.2) is 30.3 Å². The number of carbonyl (C=O) groups is 3. The first kappa shape index (κ1) is 26.2. The van der Waals surface area contributed by atoms with Crippen molar-refractivity contribution in [2.75, 3.05) is 0 Å². The number of hydrogen-bond acceptors (Lipinski definition) is 5. The van der Waals surface area contributed by atoms with Gasteiger partial charge in [-0.1, -0.05) is 74.0 Å². The van der Waals surface area contributed by atoms with Crippen molar-refractivity contribution in [2.24, 2.45) is 11.7 Å². The van der Waals surface area contributed by atoms with Crippen molar-refractivity contribution in [2.45, 2.75) is 68.4 Å². The minimum absolute atomic E-state index is 0.0800. The predicted octanol–water partition coefficient (Wildman–Crippen LogP) is 1.91. The van der Waals surface area contributed by atoms with Crippen LogP contribution in [0.3, 0.4) is 0 Å². The number of carbonyl (C=O) groups excluding carboxylic acids is 3. The van der Waals surface area contributed by atoms with E-state index in [1.807, 2.05) is 0 Å². The second kappa shape index (κ2) is 11.2. The summed E-state index contributed by atoms with van der Waals surface area (Å²) in [6.45, 7) is 0.945. The maximum Gasteiger partial charge on any atom is 0.250 e. The van der Waals surface area contributed by atoms with Gasteiger partial charge in [0.25, 0.3) is 5.91 Å². The minimum Gasteiger partial charge on any atom is -0.367 e. The third kappa shape index (κ3) is 7.25. The zero-order valence-electron chi connectivity index (χ0n) is 17.9. The summed E-state index contributed by atoms with van der Waals surface area (Å²) in [6.07, 6.45) is 4.80. The number of Topliss-reactive ketones (excluding diaryl/α,β-unsaturated/α-hetero) is 1. The molecule has 1 aromatic rings. The second-order valence-electron chi connectivity index (χ2n) is 8.30. The fourth-order valence-electron chi connectivity index (χ4n) is 3.81. The summed E-state index contributed by atoms with van der Waals surface area (Å²) >= 11 is 5.19. The molecule has 0 spiro atoms. The van der Waals surface area contributed by atoms with E-state index in [0.717, 1.165) is 39.0 Å². The molecule has 2 unspecified atom stereocenters. The standard InChI is InChI=1S/C21H29ClFN3O5S/c1-21(20(24)29,17(27)18(22)23)25-19(28)16(12-14-8-4-2-5-9-14)26-32(30,31)13-15-10-6-3-7-11-15/h3,6-7,10-11,14,16,18,26H,2,4-5,8-9,12-13H2,1H3,(H2,24,29)(H,25,28)/t16-,18?,21?/m0/s1. The topological polar surface area (TPSA) is 135 Å². The average molecular weight is 490 g/mol. The van der Waals surface area contributed by atoms with Crippen LogP contribution in [0.25, 0.3) is 0 Å². The first-order valence-electron chi connectivity index (χ1n) is 10.4. The normalized spacial score (nSPS) is 18.8. The van der Waals surface area contributed by atoms with E-state index in [1.54, 1.807) is 30.3 Å². The van der Waals surface area contributed by atoms with Crippen molar-refractivity contribution in [3.63, 3.8) is 0 Å². The monoisotopic (exact) mass is 489 g/mol. The van der Waals surface area contributed by atoms with Crippen molar-refractivity contribution in [3.8, 4) is 0 Å². The second-order valence-corrected chi connectivity index (χ2v) is 10.4. The largest absolute Gasteiger partial charge is 0.367 e. The lowest BCUT2D eigenvalue weighted by atomic mass is 9.84. The molecule has 11 heteroatoms. The van der Waals surface area contributed by atoms with Crippen LogP contribution in [0.1, 0.15) is 51.0 Å². The van der Waals surface area contributed by atoms with Crippen LogP contribution in [0.2, 0.25) is 0 Å². The third-order valence-electron chi connectivity index (χ3n) is 5.69. The highest BCUT2D eigenvalue weighted by Crippen LogP contribution is 2.28.